The van der Waals surface area contributed by atoms with Crippen molar-refractivity contribution in [3.63, 3.8) is 0 Å². The fourth-order valence-corrected chi connectivity index (χ4v) is 1.93. The molecule has 0 aliphatic carbocycles. The molecule has 0 aliphatic heterocycles. The summed E-state index contributed by atoms with van der Waals surface area (Å²) in [6.45, 7) is 2.74. The SMILES string of the molecule is CCOC(=O)C(NCc1cccnc1)c1ccccc1. The predicted octanol–water partition coefficient (Wildman–Crippen LogP) is 2.48. The second kappa shape index (κ2) is 7.40. The van der Waals surface area contributed by atoms with Gasteiger partial charge in [0, 0.05) is 18.9 Å². The number of carbonyl (C=O) groups excluding carboxylic acids is 1. The fraction of sp³-hybridized carbons (Fsp3) is 0.250. The van der Waals surface area contributed by atoms with Crippen molar-refractivity contribution in [1.82, 2.24) is 10.3 Å². The van der Waals surface area contributed by atoms with Crippen molar-refractivity contribution in [1.29, 1.82) is 0 Å². The Balaban J connectivity index is 2.09. The van der Waals surface area contributed by atoms with Crippen molar-refractivity contribution in [3.05, 3.63) is 66.0 Å². The average molecular weight is 270 g/mol. The molecule has 0 saturated heterocycles. The van der Waals surface area contributed by atoms with Crippen molar-refractivity contribution >= 4 is 5.97 Å². The van der Waals surface area contributed by atoms with Crippen LogP contribution in [0.4, 0.5) is 0 Å². The van der Waals surface area contributed by atoms with Crippen LogP contribution in [0.1, 0.15) is 24.1 Å². The van der Waals surface area contributed by atoms with Crippen LogP contribution in [0.15, 0.2) is 54.9 Å². The van der Waals surface area contributed by atoms with Crippen LogP contribution in [0.2, 0.25) is 0 Å². The highest BCUT2D eigenvalue weighted by Crippen LogP contribution is 2.15. The van der Waals surface area contributed by atoms with Gasteiger partial charge in [0.05, 0.1) is 6.61 Å². The zero-order chi connectivity index (χ0) is 14.2. The summed E-state index contributed by atoms with van der Waals surface area (Å²) >= 11 is 0. The number of aromatic nitrogens is 1. The van der Waals surface area contributed by atoms with E-state index in [0.717, 1.165) is 11.1 Å². The number of nitrogens with zero attached hydrogens (tertiary/aromatic N) is 1. The van der Waals surface area contributed by atoms with Gasteiger partial charge in [0.15, 0.2) is 0 Å². The van der Waals surface area contributed by atoms with Gasteiger partial charge in [0.1, 0.15) is 6.04 Å². The van der Waals surface area contributed by atoms with Gasteiger partial charge in [0.2, 0.25) is 0 Å². The molecule has 2 rings (SSSR count). The van der Waals surface area contributed by atoms with Gasteiger partial charge in [-0.05, 0) is 24.1 Å². The molecule has 1 unspecified atom stereocenters. The summed E-state index contributed by atoms with van der Waals surface area (Å²) in [4.78, 5) is 16.1. The first kappa shape index (κ1) is 14.2. The maximum atomic E-state index is 12.1. The predicted molar refractivity (Wildman–Crippen MR) is 76.9 cm³/mol. The van der Waals surface area contributed by atoms with Gasteiger partial charge < -0.3 is 4.74 Å². The number of esters is 1. The number of benzene rings is 1. The van der Waals surface area contributed by atoms with E-state index >= 15 is 0 Å². The van der Waals surface area contributed by atoms with E-state index in [2.05, 4.69) is 10.3 Å². The molecule has 4 nitrogen and oxygen atoms in total. The summed E-state index contributed by atoms with van der Waals surface area (Å²) < 4.78 is 5.13. The molecule has 0 fully saturated rings. The molecule has 2 aromatic rings. The molecule has 0 radical (unpaired) electrons. The molecule has 0 amide bonds. The zero-order valence-corrected chi connectivity index (χ0v) is 11.5. The van der Waals surface area contributed by atoms with Crippen molar-refractivity contribution in [3.8, 4) is 0 Å². The average Bonchev–Trinajstić information content (AvgIpc) is 2.50. The molecular formula is C16H18N2O2. The lowest BCUT2D eigenvalue weighted by Gasteiger charge is -2.17. The van der Waals surface area contributed by atoms with Crippen molar-refractivity contribution in [2.45, 2.75) is 19.5 Å². The lowest BCUT2D eigenvalue weighted by molar-refractivity contribution is -0.145. The number of nitrogens with one attached hydrogen (secondary N) is 1. The van der Waals surface area contributed by atoms with Crippen LogP contribution in [0.5, 0.6) is 0 Å². The number of pyridine rings is 1. The Morgan fingerprint density at radius 3 is 2.70 bits per heavy atom. The van der Waals surface area contributed by atoms with Crippen molar-refractivity contribution in [2.24, 2.45) is 0 Å². The molecule has 1 heterocycles. The molecule has 0 aliphatic rings. The van der Waals surface area contributed by atoms with E-state index in [0.29, 0.717) is 13.2 Å². The summed E-state index contributed by atoms with van der Waals surface area (Å²) in [5.74, 6) is -0.261. The van der Waals surface area contributed by atoms with Crippen LogP contribution in [0.25, 0.3) is 0 Å². The van der Waals surface area contributed by atoms with Crippen LogP contribution in [0.3, 0.4) is 0 Å². The number of hydrogen-bond acceptors (Lipinski definition) is 4. The van der Waals surface area contributed by atoms with Crippen LogP contribution in [-0.4, -0.2) is 17.6 Å². The standard InChI is InChI=1S/C16H18N2O2/c1-2-20-16(19)15(14-8-4-3-5-9-14)18-12-13-7-6-10-17-11-13/h3-11,15,18H,2,12H2,1H3. The number of ether oxygens (including phenoxy) is 1. The Morgan fingerprint density at radius 2 is 2.05 bits per heavy atom. The van der Waals surface area contributed by atoms with E-state index < -0.39 is 6.04 Å². The summed E-state index contributed by atoms with van der Waals surface area (Å²) in [6.07, 6.45) is 3.50. The van der Waals surface area contributed by atoms with E-state index in [1.165, 1.54) is 0 Å². The number of carbonyl (C=O) groups is 1. The smallest absolute Gasteiger partial charge is 0.327 e. The zero-order valence-electron chi connectivity index (χ0n) is 11.5. The van der Waals surface area contributed by atoms with E-state index in [-0.39, 0.29) is 5.97 Å². The largest absolute Gasteiger partial charge is 0.465 e. The van der Waals surface area contributed by atoms with Gasteiger partial charge in [-0.1, -0.05) is 36.4 Å². The number of hydrogen-bond donors (Lipinski definition) is 1. The minimum atomic E-state index is -0.462. The second-order valence-corrected chi connectivity index (χ2v) is 4.34. The molecule has 1 atom stereocenters. The van der Waals surface area contributed by atoms with Gasteiger partial charge >= 0.3 is 5.97 Å². The second-order valence-electron chi connectivity index (χ2n) is 4.34. The third-order valence-electron chi connectivity index (χ3n) is 2.89. The Bertz CT molecular complexity index is 529. The first-order valence-electron chi connectivity index (χ1n) is 6.65. The Kier molecular flexibility index (Phi) is 5.26. The molecule has 1 aromatic heterocycles. The minimum absolute atomic E-state index is 0.261. The van der Waals surface area contributed by atoms with Gasteiger partial charge in [-0.2, -0.15) is 0 Å². The maximum absolute atomic E-state index is 12.1. The molecule has 0 spiro atoms. The lowest BCUT2D eigenvalue weighted by Crippen LogP contribution is -2.30. The molecule has 1 N–H and O–H groups in total. The summed E-state index contributed by atoms with van der Waals surface area (Å²) in [5.41, 5.74) is 1.92. The topological polar surface area (TPSA) is 51.2 Å². The van der Waals surface area contributed by atoms with E-state index in [1.54, 1.807) is 19.3 Å². The molecule has 0 bridgehead atoms. The van der Waals surface area contributed by atoms with Crippen LogP contribution < -0.4 is 5.32 Å². The highest BCUT2D eigenvalue weighted by molar-refractivity contribution is 5.77. The van der Waals surface area contributed by atoms with Gasteiger partial charge in [0.25, 0.3) is 0 Å². The monoisotopic (exact) mass is 270 g/mol. The van der Waals surface area contributed by atoms with Crippen molar-refractivity contribution < 1.29 is 9.53 Å². The van der Waals surface area contributed by atoms with Crippen molar-refractivity contribution in [2.75, 3.05) is 6.61 Å². The summed E-state index contributed by atoms with van der Waals surface area (Å²) in [6, 6.07) is 13.0. The van der Waals surface area contributed by atoms with E-state index in [9.17, 15) is 4.79 Å². The quantitative estimate of drug-likeness (QED) is 0.819. The van der Waals surface area contributed by atoms with Crippen LogP contribution >= 0.6 is 0 Å². The van der Waals surface area contributed by atoms with Gasteiger partial charge in [-0.3, -0.25) is 10.3 Å². The first-order chi connectivity index (χ1) is 9.81. The molecular weight excluding hydrogens is 252 g/mol. The molecule has 0 saturated carbocycles. The van der Waals surface area contributed by atoms with Gasteiger partial charge in [-0.15, -0.1) is 0 Å². The Hall–Kier alpha value is -2.20. The van der Waals surface area contributed by atoms with E-state index in [1.807, 2.05) is 42.5 Å². The summed E-state index contributed by atoms with van der Waals surface area (Å²) in [7, 11) is 0. The summed E-state index contributed by atoms with van der Waals surface area (Å²) in [5, 5.41) is 3.22. The minimum Gasteiger partial charge on any atom is -0.465 e. The fourth-order valence-electron chi connectivity index (χ4n) is 1.93. The molecule has 1 aromatic carbocycles. The third-order valence-corrected chi connectivity index (χ3v) is 2.89. The van der Waals surface area contributed by atoms with Gasteiger partial charge in [-0.25, -0.2) is 4.79 Å². The molecule has 104 valence electrons. The normalized spacial score (nSPS) is 11.8. The maximum Gasteiger partial charge on any atom is 0.327 e. The third kappa shape index (κ3) is 3.90. The highest BCUT2D eigenvalue weighted by atomic mass is 16.5. The van der Waals surface area contributed by atoms with Crippen LogP contribution in [-0.2, 0) is 16.1 Å². The Morgan fingerprint density at radius 1 is 1.25 bits per heavy atom. The molecule has 20 heavy (non-hydrogen) atoms. The Labute approximate surface area is 118 Å². The lowest BCUT2D eigenvalue weighted by atomic mass is 10.1. The van der Waals surface area contributed by atoms with E-state index in [4.69, 9.17) is 4.74 Å². The van der Waals surface area contributed by atoms with Crippen LogP contribution in [0, 0.1) is 0 Å². The molecule has 4 heteroatoms. The number of rotatable bonds is 6. The first-order valence-corrected chi connectivity index (χ1v) is 6.65. The highest BCUT2D eigenvalue weighted by Gasteiger charge is 2.20.